The highest BCUT2D eigenvalue weighted by atomic mass is 32.2. The average molecular weight is 359 g/mol. The first kappa shape index (κ1) is 20.4. The van der Waals surface area contributed by atoms with Gasteiger partial charge in [0.2, 0.25) is 10.0 Å². The minimum atomic E-state index is -3.59. The van der Waals surface area contributed by atoms with Gasteiger partial charge in [-0.3, -0.25) is 0 Å². The SMILES string of the molecule is COC(=O)COc1ccc(S(=O)(=O)NCCCOC(C)C)cc1C. The van der Waals surface area contributed by atoms with Crippen molar-refractivity contribution in [1.82, 2.24) is 4.72 Å². The lowest BCUT2D eigenvalue weighted by Gasteiger charge is -2.11. The van der Waals surface area contributed by atoms with Crippen molar-refractivity contribution in [2.75, 3.05) is 26.9 Å². The summed E-state index contributed by atoms with van der Waals surface area (Å²) in [5.74, 6) is -0.0685. The van der Waals surface area contributed by atoms with Gasteiger partial charge < -0.3 is 14.2 Å². The van der Waals surface area contributed by atoms with Gasteiger partial charge in [0.25, 0.3) is 0 Å². The van der Waals surface area contributed by atoms with Crippen LogP contribution in [0.5, 0.6) is 5.75 Å². The first-order chi connectivity index (χ1) is 11.3. The zero-order valence-electron chi connectivity index (χ0n) is 14.5. The van der Waals surface area contributed by atoms with E-state index in [1.165, 1.54) is 25.3 Å². The third-order valence-corrected chi connectivity index (χ3v) is 4.55. The van der Waals surface area contributed by atoms with E-state index in [1.54, 1.807) is 6.92 Å². The van der Waals surface area contributed by atoms with Gasteiger partial charge >= 0.3 is 5.97 Å². The molecule has 0 aliphatic carbocycles. The summed E-state index contributed by atoms with van der Waals surface area (Å²) >= 11 is 0. The van der Waals surface area contributed by atoms with E-state index in [0.717, 1.165) is 0 Å². The molecule has 0 saturated heterocycles. The maximum absolute atomic E-state index is 12.2. The van der Waals surface area contributed by atoms with Crippen LogP contribution in [0.15, 0.2) is 23.1 Å². The summed E-state index contributed by atoms with van der Waals surface area (Å²) in [7, 11) is -2.32. The first-order valence-corrected chi connectivity index (χ1v) is 9.16. The van der Waals surface area contributed by atoms with Crippen molar-refractivity contribution >= 4 is 16.0 Å². The number of carbonyl (C=O) groups is 1. The van der Waals surface area contributed by atoms with Crippen LogP contribution in [-0.4, -0.2) is 47.4 Å². The standard InChI is InChI=1S/C16H25NO6S/c1-12(2)22-9-5-8-17-24(19,20)14-6-7-15(13(3)10-14)23-11-16(18)21-4/h6-7,10,12,17H,5,8-9,11H2,1-4H3. The number of aryl methyl sites for hydroxylation is 1. The quantitative estimate of drug-likeness (QED) is 0.504. The van der Waals surface area contributed by atoms with Crippen LogP contribution in [0.3, 0.4) is 0 Å². The lowest BCUT2D eigenvalue weighted by Crippen LogP contribution is -2.26. The van der Waals surface area contributed by atoms with Crippen LogP contribution in [0, 0.1) is 6.92 Å². The molecule has 0 unspecified atom stereocenters. The van der Waals surface area contributed by atoms with Crippen LogP contribution in [0.2, 0.25) is 0 Å². The molecular formula is C16H25NO6S. The van der Waals surface area contributed by atoms with Gasteiger partial charge in [-0.1, -0.05) is 0 Å². The van der Waals surface area contributed by atoms with Crippen LogP contribution >= 0.6 is 0 Å². The number of hydrogen-bond donors (Lipinski definition) is 1. The highest BCUT2D eigenvalue weighted by molar-refractivity contribution is 7.89. The van der Waals surface area contributed by atoms with E-state index in [4.69, 9.17) is 9.47 Å². The second-order valence-electron chi connectivity index (χ2n) is 5.46. The summed E-state index contributed by atoms with van der Waals surface area (Å²) in [6, 6.07) is 4.46. The lowest BCUT2D eigenvalue weighted by molar-refractivity contribution is -0.142. The third kappa shape index (κ3) is 6.86. The average Bonchev–Trinajstić information content (AvgIpc) is 2.52. The molecule has 0 amide bonds. The molecule has 0 bridgehead atoms. The fourth-order valence-corrected chi connectivity index (χ4v) is 2.99. The molecule has 1 rings (SSSR count). The van der Waals surface area contributed by atoms with Gasteiger partial charge in [0.05, 0.1) is 18.1 Å². The number of hydrogen-bond acceptors (Lipinski definition) is 6. The first-order valence-electron chi connectivity index (χ1n) is 7.68. The van der Waals surface area contributed by atoms with Crippen molar-refractivity contribution < 1.29 is 27.4 Å². The highest BCUT2D eigenvalue weighted by Gasteiger charge is 2.15. The Morgan fingerprint density at radius 1 is 1.29 bits per heavy atom. The maximum Gasteiger partial charge on any atom is 0.343 e. The summed E-state index contributed by atoms with van der Waals surface area (Å²) < 4.78 is 42.1. The lowest BCUT2D eigenvalue weighted by atomic mass is 10.2. The molecule has 0 heterocycles. The van der Waals surface area contributed by atoms with Gasteiger partial charge in [-0.15, -0.1) is 0 Å². The van der Waals surface area contributed by atoms with E-state index in [0.29, 0.717) is 30.9 Å². The van der Waals surface area contributed by atoms with Gasteiger partial charge in [0.1, 0.15) is 5.75 Å². The number of methoxy groups -OCH3 is 1. The van der Waals surface area contributed by atoms with E-state index in [9.17, 15) is 13.2 Å². The summed E-state index contributed by atoms with van der Waals surface area (Å²) in [5, 5.41) is 0. The molecule has 8 heteroatoms. The predicted molar refractivity (Wildman–Crippen MR) is 89.6 cm³/mol. The van der Waals surface area contributed by atoms with Crippen molar-refractivity contribution in [3.05, 3.63) is 23.8 Å². The Morgan fingerprint density at radius 3 is 2.58 bits per heavy atom. The van der Waals surface area contributed by atoms with Gasteiger partial charge in [0.15, 0.2) is 6.61 Å². The fourth-order valence-electron chi connectivity index (χ4n) is 1.83. The monoisotopic (exact) mass is 359 g/mol. The van der Waals surface area contributed by atoms with Crippen molar-refractivity contribution in [3.63, 3.8) is 0 Å². The number of ether oxygens (including phenoxy) is 3. The van der Waals surface area contributed by atoms with Crippen LogP contribution in [0.25, 0.3) is 0 Å². The zero-order chi connectivity index (χ0) is 18.2. The summed E-state index contributed by atoms with van der Waals surface area (Å²) in [6.07, 6.45) is 0.721. The second-order valence-corrected chi connectivity index (χ2v) is 7.23. The van der Waals surface area contributed by atoms with Crippen LogP contribution in [0.4, 0.5) is 0 Å². The topological polar surface area (TPSA) is 90.9 Å². The van der Waals surface area contributed by atoms with Gasteiger partial charge in [-0.05, 0) is 51.0 Å². The molecule has 1 N–H and O–H groups in total. The molecule has 0 aliphatic rings. The number of nitrogens with one attached hydrogen (secondary N) is 1. The van der Waals surface area contributed by atoms with Crippen molar-refractivity contribution in [2.45, 2.75) is 38.2 Å². The summed E-state index contributed by atoms with van der Waals surface area (Å²) in [6.45, 7) is 6.14. The third-order valence-electron chi connectivity index (χ3n) is 3.09. The van der Waals surface area contributed by atoms with E-state index in [2.05, 4.69) is 9.46 Å². The van der Waals surface area contributed by atoms with Crippen LogP contribution < -0.4 is 9.46 Å². The van der Waals surface area contributed by atoms with E-state index in [1.807, 2.05) is 13.8 Å². The van der Waals surface area contributed by atoms with Gasteiger partial charge in [0, 0.05) is 13.2 Å². The zero-order valence-corrected chi connectivity index (χ0v) is 15.3. The molecule has 0 radical (unpaired) electrons. The molecule has 24 heavy (non-hydrogen) atoms. The van der Waals surface area contributed by atoms with Crippen molar-refractivity contribution in [1.29, 1.82) is 0 Å². The molecule has 0 fully saturated rings. The molecule has 0 aliphatic heterocycles. The molecule has 136 valence electrons. The summed E-state index contributed by atoms with van der Waals surface area (Å²) in [4.78, 5) is 11.2. The van der Waals surface area contributed by atoms with E-state index in [-0.39, 0.29) is 17.6 Å². The Balaban J connectivity index is 2.62. The fraction of sp³-hybridized carbons (Fsp3) is 0.562. The molecule has 0 spiro atoms. The second kappa shape index (κ2) is 9.61. The summed E-state index contributed by atoms with van der Waals surface area (Å²) in [5.41, 5.74) is 0.616. The minimum absolute atomic E-state index is 0.127. The number of benzene rings is 1. The van der Waals surface area contributed by atoms with Crippen LogP contribution in [-0.2, 0) is 24.3 Å². The number of esters is 1. The number of sulfonamides is 1. The molecule has 0 atom stereocenters. The Bertz CT molecular complexity index is 642. The van der Waals surface area contributed by atoms with Gasteiger partial charge in [-0.2, -0.15) is 0 Å². The maximum atomic E-state index is 12.2. The van der Waals surface area contributed by atoms with Gasteiger partial charge in [-0.25, -0.2) is 17.9 Å². The molecular weight excluding hydrogens is 334 g/mol. The van der Waals surface area contributed by atoms with Crippen molar-refractivity contribution in [3.8, 4) is 5.75 Å². The smallest absolute Gasteiger partial charge is 0.343 e. The van der Waals surface area contributed by atoms with E-state index < -0.39 is 16.0 Å². The number of rotatable bonds is 10. The Labute approximate surface area is 143 Å². The van der Waals surface area contributed by atoms with Crippen LogP contribution in [0.1, 0.15) is 25.8 Å². The Hall–Kier alpha value is -1.64. The largest absolute Gasteiger partial charge is 0.482 e. The van der Waals surface area contributed by atoms with E-state index >= 15 is 0 Å². The molecule has 0 aromatic heterocycles. The predicted octanol–water partition coefficient (Wildman–Crippen LogP) is 1.64. The Morgan fingerprint density at radius 2 is 2.00 bits per heavy atom. The molecule has 1 aromatic carbocycles. The normalized spacial score (nSPS) is 11.5. The molecule has 7 nitrogen and oxygen atoms in total. The number of carbonyl (C=O) groups excluding carboxylic acids is 1. The molecule has 0 saturated carbocycles. The van der Waals surface area contributed by atoms with Crippen molar-refractivity contribution in [2.24, 2.45) is 0 Å². The Kier molecular flexibility index (Phi) is 8.17. The highest BCUT2D eigenvalue weighted by Crippen LogP contribution is 2.21. The minimum Gasteiger partial charge on any atom is -0.482 e. The molecule has 1 aromatic rings.